The highest BCUT2D eigenvalue weighted by atomic mass is 35.5. The number of halogens is 2. The molecule has 3 aromatic rings. The topological polar surface area (TPSA) is 53.1 Å². The molecule has 0 radical (unpaired) electrons. The zero-order valence-corrected chi connectivity index (χ0v) is 16.6. The number of nitrogens with one attached hydrogen (secondary N) is 1. The van der Waals surface area contributed by atoms with E-state index in [-0.39, 0.29) is 18.0 Å². The van der Waals surface area contributed by atoms with Crippen molar-refractivity contribution in [3.8, 4) is 0 Å². The van der Waals surface area contributed by atoms with Crippen LogP contribution in [0.4, 0.5) is 0 Å². The van der Waals surface area contributed by atoms with Crippen LogP contribution in [0.25, 0.3) is 10.9 Å². The zero-order valence-electron chi connectivity index (χ0n) is 15.1. The van der Waals surface area contributed by atoms with E-state index in [9.17, 15) is 9.90 Å². The molecule has 2 N–H and O–H groups in total. The summed E-state index contributed by atoms with van der Waals surface area (Å²) in [6.45, 7) is 0.113. The highest BCUT2D eigenvalue weighted by Gasteiger charge is 2.11. The van der Waals surface area contributed by atoms with Gasteiger partial charge < -0.3 is 10.1 Å². The second-order valence-electron chi connectivity index (χ2n) is 6.95. The summed E-state index contributed by atoms with van der Waals surface area (Å²) in [5.41, 5.74) is 2.91. The molecule has 1 heterocycles. The van der Waals surface area contributed by atoms with Crippen LogP contribution in [0.15, 0.2) is 53.3 Å². The van der Waals surface area contributed by atoms with Crippen LogP contribution < -0.4 is 5.43 Å². The van der Waals surface area contributed by atoms with E-state index in [1.165, 1.54) is 5.56 Å². The Morgan fingerprint density at radius 1 is 1.00 bits per heavy atom. The lowest BCUT2D eigenvalue weighted by Gasteiger charge is -2.14. The molecule has 3 rings (SSSR count). The van der Waals surface area contributed by atoms with Crippen LogP contribution in [0.5, 0.6) is 0 Å². The first-order valence-corrected chi connectivity index (χ1v) is 9.98. The van der Waals surface area contributed by atoms with E-state index in [1.807, 2.05) is 42.5 Å². The normalized spacial score (nSPS) is 12.4. The lowest BCUT2D eigenvalue weighted by Crippen LogP contribution is -2.13. The molecule has 0 amide bonds. The van der Waals surface area contributed by atoms with E-state index >= 15 is 0 Å². The summed E-state index contributed by atoms with van der Waals surface area (Å²) in [6.07, 6.45) is 4.53. The maximum absolute atomic E-state index is 12.2. The van der Waals surface area contributed by atoms with Gasteiger partial charge in [0.2, 0.25) is 0 Å². The van der Waals surface area contributed by atoms with E-state index in [0.29, 0.717) is 21.9 Å². The third kappa shape index (κ3) is 5.35. The number of unbranched alkanes of at least 4 members (excludes halogenated alkanes) is 1. The predicted octanol–water partition coefficient (Wildman–Crippen LogP) is 5.40. The Labute approximate surface area is 169 Å². The van der Waals surface area contributed by atoms with Gasteiger partial charge in [0.15, 0.2) is 5.43 Å². The van der Waals surface area contributed by atoms with Crippen molar-refractivity contribution in [2.45, 2.75) is 32.1 Å². The maximum atomic E-state index is 12.2. The molecule has 0 unspecified atom stereocenters. The molecule has 0 aliphatic carbocycles. The molecule has 5 heteroatoms. The lowest BCUT2D eigenvalue weighted by molar-refractivity contribution is 0.214. The average molecular weight is 404 g/mol. The molecule has 3 nitrogen and oxygen atoms in total. The van der Waals surface area contributed by atoms with Crippen molar-refractivity contribution in [3.63, 3.8) is 0 Å². The number of hydrogen-bond donors (Lipinski definition) is 2. The number of hydrogen-bond acceptors (Lipinski definition) is 2. The number of para-hydroxylation sites is 1. The highest BCUT2D eigenvalue weighted by Crippen LogP contribution is 2.24. The molecule has 2 aromatic carbocycles. The molecule has 0 saturated carbocycles. The Kier molecular flexibility index (Phi) is 6.95. The quantitative estimate of drug-likeness (QED) is 0.494. The molecule has 0 saturated heterocycles. The SMILES string of the molecule is O=c1cc(C[C@H](CO)CCCCc2ccc(Cl)c(Cl)c2)[nH]c2ccccc12. The number of aryl methyl sites for hydroxylation is 1. The van der Waals surface area contributed by atoms with Gasteiger partial charge in [-0.15, -0.1) is 0 Å². The number of aliphatic hydroxyl groups excluding tert-OH is 1. The van der Waals surface area contributed by atoms with Crippen molar-refractivity contribution >= 4 is 34.1 Å². The fourth-order valence-electron chi connectivity index (χ4n) is 3.39. The molecule has 1 atom stereocenters. The van der Waals surface area contributed by atoms with Gasteiger partial charge in [0, 0.05) is 29.3 Å². The van der Waals surface area contributed by atoms with Gasteiger partial charge in [0.05, 0.1) is 10.0 Å². The molecule has 142 valence electrons. The van der Waals surface area contributed by atoms with Gasteiger partial charge in [-0.2, -0.15) is 0 Å². The number of aromatic amines is 1. The fraction of sp³-hybridized carbons (Fsp3) is 0.318. The average Bonchev–Trinajstić information content (AvgIpc) is 2.67. The van der Waals surface area contributed by atoms with Crippen molar-refractivity contribution in [1.82, 2.24) is 4.98 Å². The standard InChI is InChI=1S/C22H23Cl2NO2/c23-19-10-9-15(12-20(19)24)5-1-2-6-16(14-26)11-17-13-22(27)18-7-3-4-8-21(18)25-17/h3-4,7-10,12-13,16,26H,1-2,5-6,11,14H2,(H,25,27)/t16-/m1/s1. The summed E-state index contributed by atoms with van der Waals surface area (Å²) in [5, 5.41) is 11.6. The Balaban J connectivity index is 1.54. The second-order valence-corrected chi connectivity index (χ2v) is 7.77. The first-order chi connectivity index (χ1) is 13.1. The predicted molar refractivity (Wildman–Crippen MR) is 113 cm³/mol. The molecule has 1 aromatic heterocycles. The van der Waals surface area contributed by atoms with E-state index in [4.69, 9.17) is 23.2 Å². The van der Waals surface area contributed by atoms with Gasteiger partial charge in [0.25, 0.3) is 0 Å². The summed E-state index contributed by atoms with van der Waals surface area (Å²) in [6, 6.07) is 14.9. The van der Waals surface area contributed by atoms with Gasteiger partial charge in [-0.3, -0.25) is 4.79 Å². The van der Waals surface area contributed by atoms with Crippen LogP contribution in [-0.4, -0.2) is 16.7 Å². The minimum atomic E-state index is 0.0238. The number of aromatic nitrogens is 1. The number of rotatable bonds is 8. The van der Waals surface area contributed by atoms with Crippen molar-refractivity contribution in [2.24, 2.45) is 5.92 Å². The molecular formula is C22H23Cl2NO2. The smallest absolute Gasteiger partial charge is 0.189 e. The molecule has 0 aliphatic rings. The summed E-state index contributed by atoms with van der Waals surface area (Å²) in [7, 11) is 0. The Bertz CT molecular complexity index is 968. The van der Waals surface area contributed by atoms with Crippen molar-refractivity contribution in [1.29, 1.82) is 0 Å². The Morgan fingerprint density at radius 3 is 2.59 bits per heavy atom. The van der Waals surface area contributed by atoms with Crippen LogP contribution in [-0.2, 0) is 12.8 Å². The van der Waals surface area contributed by atoms with Crippen LogP contribution in [0.1, 0.15) is 30.5 Å². The molecule has 0 spiro atoms. The van der Waals surface area contributed by atoms with Gasteiger partial charge in [-0.25, -0.2) is 0 Å². The number of benzene rings is 2. The molecule has 27 heavy (non-hydrogen) atoms. The number of aliphatic hydroxyl groups is 1. The number of pyridine rings is 1. The zero-order chi connectivity index (χ0) is 19.2. The first kappa shape index (κ1) is 19.9. The van der Waals surface area contributed by atoms with Crippen LogP contribution >= 0.6 is 23.2 Å². The highest BCUT2D eigenvalue weighted by molar-refractivity contribution is 6.42. The minimum absolute atomic E-state index is 0.0238. The summed E-state index contributed by atoms with van der Waals surface area (Å²) in [4.78, 5) is 15.6. The summed E-state index contributed by atoms with van der Waals surface area (Å²) < 4.78 is 0. The first-order valence-electron chi connectivity index (χ1n) is 9.22. The van der Waals surface area contributed by atoms with Crippen molar-refractivity contribution in [3.05, 3.63) is 80.1 Å². The van der Waals surface area contributed by atoms with Gasteiger partial charge in [0.1, 0.15) is 0 Å². The lowest BCUT2D eigenvalue weighted by atomic mass is 9.95. The van der Waals surface area contributed by atoms with Crippen LogP contribution in [0, 0.1) is 5.92 Å². The van der Waals surface area contributed by atoms with Gasteiger partial charge in [-0.1, -0.05) is 47.8 Å². The molecule has 0 bridgehead atoms. The summed E-state index contributed by atoms with van der Waals surface area (Å²) >= 11 is 12.0. The van der Waals surface area contributed by atoms with E-state index < -0.39 is 0 Å². The van der Waals surface area contributed by atoms with Crippen LogP contribution in [0.2, 0.25) is 10.0 Å². The number of H-pyrrole nitrogens is 1. The van der Waals surface area contributed by atoms with Crippen molar-refractivity contribution in [2.75, 3.05) is 6.61 Å². The Hall–Kier alpha value is -1.81. The summed E-state index contributed by atoms with van der Waals surface area (Å²) in [5.74, 6) is 0.135. The van der Waals surface area contributed by atoms with Crippen LogP contribution in [0.3, 0.4) is 0 Å². The van der Waals surface area contributed by atoms with Gasteiger partial charge in [-0.05, 0) is 61.4 Å². The Morgan fingerprint density at radius 2 is 1.81 bits per heavy atom. The molecule has 0 fully saturated rings. The van der Waals surface area contributed by atoms with E-state index in [2.05, 4.69) is 4.98 Å². The number of fused-ring (bicyclic) bond motifs is 1. The third-order valence-corrected chi connectivity index (χ3v) is 5.61. The largest absolute Gasteiger partial charge is 0.396 e. The monoisotopic (exact) mass is 403 g/mol. The molecule has 0 aliphatic heterocycles. The van der Waals surface area contributed by atoms with Crippen molar-refractivity contribution < 1.29 is 5.11 Å². The fourth-order valence-corrected chi connectivity index (χ4v) is 3.71. The second kappa shape index (κ2) is 9.41. The molecular weight excluding hydrogens is 381 g/mol. The minimum Gasteiger partial charge on any atom is -0.396 e. The maximum Gasteiger partial charge on any atom is 0.189 e. The van der Waals surface area contributed by atoms with E-state index in [1.54, 1.807) is 6.07 Å². The van der Waals surface area contributed by atoms with Gasteiger partial charge >= 0.3 is 0 Å². The van der Waals surface area contributed by atoms with E-state index in [0.717, 1.165) is 36.9 Å². The third-order valence-electron chi connectivity index (χ3n) is 4.87.